The molecule has 0 radical (unpaired) electrons. The molecule has 26 heavy (non-hydrogen) atoms. The van der Waals surface area contributed by atoms with Gasteiger partial charge in [-0.05, 0) is 42.4 Å². The lowest BCUT2D eigenvalue weighted by Gasteiger charge is -2.22. The van der Waals surface area contributed by atoms with Crippen molar-refractivity contribution in [2.24, 2.45) is 23.2 Å². The molecule has 0 aliphatic heterocycles. The summed E-state index contributed by atoms with van der Waals surface area (Å²) < 4.78 is 63.9. The first-order valence-electron chi connectivity index (χ1n) is 8.94. The molecule has 3 atom stereocenters. The molecular weight excluding hydrogens is 371 g/mol. The summed E-state index contributed by atoms with van der Waals surface area (Å²) in [7, 11) is -3.73. The maximum absolute atomic E-state index is 12.0. The van der Waals surface area contributed by atoms with Gasteiger partial charge in [-0.1, -0.05) is 33.6 Å². The van der Waals surface area contributed by atoms with E-state index in [1.165, 1.54) is 7.11 Å². The Morgan fingerprint density at radius 1 is 1.19 bits per heavy atom. The van der Waals surface area contributed by atoms with Crippen molar-refractivity contribution in [2.75, 3.05) is 13.7 Å². The van der Waals surface area contributed by atoms with E-state index in [0.717, 1.165) is 32.1 Å². The van der Waals surface area contributed by atoms with Crippen LogP contribution in [0.1, 0.15) is 59.3 Å². The fourth-order valence-corrected chi connectivity index (χ4v) is 4.11. The zero-order chi connectivity index (χ0) is 20.2. The van der Waals surface area contributed by atoms with E-state index in [0.29, 0.717) is 18.3 Å². The minimum Gasteiger partial charge on any atom is -0.469 e. The van der Waals surface area contributed by atoms with Crippen molar-refractivity contribution in [3.63, 3.8) is 0 Å². The molecular formula is C17H30F3NO4S. The number of carbonyl (C=O) groups excluding carboxylic acids is 1. The van der Waals surface area contributed by atoms with Crippen LogP contribution in [0.3, 0.4) is 0 Å². The third kappa shape index (κ3) is 6.72. The topological polar surface area (TPSA) is 72.5 Å². The van der Waals surface area contributed by atoms with Gasteiger partial charge in [-0.2, -0.15) is 13.2 Å². The van der Waals surface area contributed by atoms with Crippen molar-refractivity contribution in [1.82, 2.24) is 4.72 Å². The van der Waals surface area contributed by atoms with Crippen molar-refractivity contribution < 1.29 is 31.1 Å². The van der Waals surface area contributed by atoms with Crippen LogP contribution in [0.4, 0.5) is 13.2 Å². The van der Waals surface area contributed by atoms with E-state index in [2.05, 4.69) is 25.5 Å². The third-order valence-electron chi connectivity index (χ3n) is 5.53. The number of carbonyl (C=O) groups is 1. The molecule has 0 heterocycles. The maximum atomic E-state index is 12.0. The number of halogens is 3. The first kappa shape index (κ1) is 23.2. The molecule has 0 amide bonds. The summed E-state index contributed by atoms with van der Waals surface area (Å²) in [6.45, 7) is 6.12. The molecule has 0 aromatic heterocycles. The number of hydrogen-bond donors (Lipinski definition) is 1. The van der Waals surface area contributed by atoms with Crippen molar-refractivity contribution in [3.05, 3.63) is 0 Å². The first-order valence-corrected chi connectivity index (χ1v) is 10.4. The summed E-state index contributed by atoms with van der Waals surface area (Å²) in [6.07, 6.45) is 5.61. The standard InChI is InChI=1S/C9H14F3NO2S.C8H16O2/c10-9(11,12)16(14,15)13-5-8-4-6-1-2-7(8)3-6;1-5-8(2,3)6-7(9)10-4/h6-8,13H,1-5H2;5-6H2,1-4H3. The van der Waals surface area contributed by atoms with Gasteiger partial charge < -0.3 is 4.74 Å². The van der Waals surface area contributed by atoms with Crippen molar-refractivity contribution >= 4 is 16.0 Å². The quantitative estimate of drug-likeness (QED) is 0.686. The molecule has 154 valence electrons. The molecule has 2 bridgehead atoms. The van der Waals surface area contributed by atoms with Crippen LogP contribution in [-0.2, 0) is 19.6 Å². The molecule has 0 spiro atoms. The van der Waals surface area contributed by atoms with E-state index in [9.17, 15) is 26.4 Å². The van der Waals surface area contributed by atoms with Crippen molar-refractivity contribution in [3.8, 4) is 0 Å². The zero-order valence-corrected chi connectivity index (χ0v) is 16.7. The Kier molecular flexibility index (Phi) is 7.95. The largest absolute Gasteiger partial charge is 0.511 e. The van der Waals surface area contributed by atoms with E-state index in [-0.39, 0.29) is 23.8 Å². The molecule has 2 saturated carbocycles. The Balaban J connectivity index is 0.000000294. The van der Waals surface area contributed by atoms with Gasteiger partial charge in [0.15, 0.2) is 0 Å². The van der Waals surface area contributed by atoms with Gasteiger partial charge in [0.2, 0.25) is 0 Å². The van der Waals surface area contributed by atoms with Gasteiger partial charge in [-0.15, -0.1) is 0 Å². The number of esters is 1. The number of fused-ring (bicyclic) bond motifs is 2. The van der Waals surface area contributed by atoms with Gasteiger partial charge in [-0.3, -0.25) is 4.79 Å². The molecule has 2 aliphatic carbocycles. The summed E-state index contributed by atoms with van der Waals surface area (Å²) in [5.41, 5.74) is -5.10. The van der Waals surface area contributed by atoms with Crippen LogP contribution in [0.25, 0.3) is 0 Å². The van der Waals surface area contributed by atoms with Crippen LogP contribution in [0, 0.1) is 23.2 Å². The lowest BCUT2D eigenvalue weighted by Crippen LogP contribution is -2.39. The fraction of sp³-hybridized carbons (Fsp3) is 0.941. The zero-order valence-electron chi connectivity index (χ0n) is 15.9. The predicted octanol–water partition coefficient (Wildman–Crippen LogP) is 3.85. The average molecular weight is 401 g/mol. The molecule has 3 unspecified atom stereocenters. The predicted molar refractivity (Wildman–Crippen MR) is 92.6 cm³/mol. The first-order chi connectivity index (χ1) is 11.8. The Morgan fingerprint density at radius 2 is 1.81 bits per heavy atom. The van der Waals surface area contributed by atoms with Crippen LogP contribution < -0.4 is 4.72 Å². The summed E-state index contributed by atoms with van der Waals surface area (Å²) in [5, 5.41) is 0. The van der Waals surface area contributed by atoms with E-state index in [1.54, 1.807) is 4.72 Å². The number of sulfonamides is 1. The summed E-state index contributed by atoms with van der Waals surface area (Å²) in [6, 6.07) is 0. The average Bonchev–Trinajstić information content (AvgIpc) is 3.15. The van der Waals surface area contributed by atoms with Gasteiger partial charge in [0.25, 0.3) is 0 Å². The minimum absolute atomic E-state index is 0.0665. The Labute approximate surface area is 154 Å². The van der Waals surface area contributed by atoms with Crippen LogP contribution in [0.2, 0.25) is 0 Å². The van der Waals surface area contributed by atoms with Gasteiger partial charge >= 0.3 is 21.5 Å². The highest BCUT2D eigenvalue weighted by Gasteiger charge is 2.47. The summed E-state index contributed by atoms with van der Waals surface area (Å²) >= 11 is 0. The smallest absolute Gasteiger partial charge is 0.469 e. The third-order valence-corrected chi connectivity index (χ3v) is 6.69. The van der Waals surface area contributed by atoms with E-state index >= 15 is 0 Å². The normalized spacial score (nSPS) is 25.6. The number of methoxy groups -OCH3 is 1. The summed E-state index contributed by atoms with van der Waals surface area (Å²) in [4.78, 5) is 10.8. The minimum atomic E-state index is -5.19. The summed E-state index contributed by atoms with van der Waals surface area (Å²) in [5.74, 6) is 0.994. The molecule has 2 fully saturated rings. The van der Waals surface area contributed by atoms with Crippen molar-refractivity contribution in [2.45, 2.75) is 64.8 Å². The van der Waals surface area contributed by atoms with Gasteiger partial charge in [-0.25, -0.2) is 13.1 Å². The lowest BCUT2D eigenvalue weighted by atomic mass is 9.87. The molecule has 5 nitrogen and oxygen atoms in total. The van der Waals surface area contributed by atoms with E-state index < -0.39 is 15.5 Å². The molecule has 1 N–H and O–H groups in total. The number of hydrogen-bond acceptors (Lipinski definition) is 4. The lowest BCUT2D eigenvalue weighted by molar-refractivity contribution is -0.142. The molecule has 0 saturated heterocycles. The number of rotatable bonds is 6. The molecule has 0 aromatic carbocycles. The molecule has 2 rings (SSSR count). The second-order valence-electron chi connectivity index (χ2n) is 8.00. The van der Waals surface area contributed by atoms with Gasteiger partial charge in [0.05, 0.1) is 13.5 Å². The Hall–Kier alpha value is -0.830. The van der Waals surface area contributed by atoms with Crippen LogP contribution in [-0.4, -0.2) is 33.5 Å². The van der Waals surface area contributed by atoms with E-state index in [4.69, 9.17) is 0 Å². The highest BCUT2D eigenvalue weighted by Crippen LogP contribution is 2.48. The fourth-order valence-electron chi connectivity index (χ4n) is 3.51. The molecule has 2 aliphatic rings. The van der Waals surface area contributed by atoms with Gasteiger partial charge in [0, 0.05) is 6.54 Å². The van der Waals surface area contributed by atoms with Crippen LogP contribution in [0.15, 0.2) is 0 Å². The van der Waals surface area contributed by atoms with Crippen LogP contribution in [0.5, 0.6) is 0 Å². The number of nitrogens with one attached hydrogen (secondary N) is 1. The van der Waals surface area contributed by atoms with Crippen LogP contribution >= 0.6 is 0 Å². The number of alkyl halides is 3. The second-order valence-corrected chi connectivity index (χ2v) is 9.76. The number of ether oxygens (including phenoxy) is 1. The SMILES string of the molecule is CCC(C)(C)CC(=O)OC.O=S(=O)(NCC1CC2CCC1C2)C(F)(F)F. The molecule has 9 heteroatoms. The van der Waals surface area contributed by atoms with Gasteiger partial charge in [0.1, 0.15) is 0 Å². The monoisotopic (exact) mass is 401 g/mol. The second kappa shape index (κ2) is 8.91. The maximum Gasteiger partial charge on any atom is 0.511 e. The highest BCUT2D eigenvalue weighted by molar-refractivity contribution is 7.90. The highest BCUT2D eigenvalue weighted by atomic mass is 32.2. The molecule has 0 aromatic rings. The Bertz CT molecular complexity index is 575. The van der Waals surface area contributed by atoms with E-state index in [1.807, 2.05) is 0 Å². The van der Waals surface area contributed by atoms with Crippen molar-refractivity contribution in [1.29, 1.82) is 0 Å². The Morgan fingerprint density at radius 3 is 2.19 bits per heavy atom.